The summed E-state index contributed by atoms with van der Waals surface area (Å²) in [6.07, 6.45) is 7.68. The van der Waals surface area contributed by atoms with E-state index >= 15 is 0 Å². The van der Waals surface area contributed by atoms with Gasteiger partial charge in [-0.3, -0.25) is 4.79 Å². The number of carbonyl (C=O) groups excluding carboxylic acids is 1. The largest absolute Gasteiger partial charge is 0.479 e. The predicted molar refractivity (Wildman–Crippen MR) is 63.6 cm³/mol. The zero-order chi connectivity index (χ0) is 12.3. The summed E-state index contributed by atoms with van der Waals surface area (Å²) in [4.78, 5) is 25.3. The molecule has 1 N–H and O–H groups in total. The highest BCUT2D eigenvalue weighted by molar-refractivity contribution is 5.87. The van der Waals surface area contributed by atoms with Crippen LogP contribution in [-0.2, 0) is 9.59 Å². The molecule has 0 unspecified atom stereocenters. The second kappa shape index (κ2) is 5.07. The molecule has 1 amide bonds. The zero-order valence-corrected chi connectivity index (χ0v) is 10.3. The van der Waals surface area contributed by atoms with Crippen LogP contribution in [0.5, 0.6) is 0 Å². The van der Waals surface area contributed by atoms with Gasteiger partial charge in [-0.15, -0.1) is 0 Å². The Kier molecular flexibility index (Phi) is 3.69. The van der Waals surface area contributed by atoms with E-state index in [9.17, 15) is 14.7 Å². The van der Waals surface area contributed by atoms with Gasteiger partial charge in [-0.1, -0.05) is 25.7 Å². The van der Waals surface area contributed by atoms with Crippen molar-refractivity contribution in [3.05, 3.63) is 0 Å². The van der Waals surface area contributed by atoms with Crippen molar-refractivity contribution in [1.29, 1.82) is 0 Å². The Morgan fingerprint density at radius 2 is 1.71 bits per heavy atom. The van der Waals surface area contributed by atoms with Crippen molar-refractivity contribution in [3.63, 3.8) is 0 Å². The molecule has 1 saturated heterocycles. The number of carbonyl (C=O) groups is 2. The fraction of sp³-hybridized carbons (Fsp3) is 0.846. The number of hydrogen-bond acceptors (Lipinski definition) is 2. The van der Waals surface area contributed by atoms with Gasteiger partial charge in [0, 0.05) is 13.0 Å². The van der Waals surface area contributed by atoms with E-state index in [1.165, 1.54) is 0 Å². The van der Waals surface area contributed by atoms with Gasteiger partial charge in [0.1, 0.15) is 5.54 Å². The molecular weight excluding hydrogens is 218 g/mol. The molecule has 4 nitrogen and oxygen atoms in total. The van der Waals surface area contributed by atoms with E-state index in [-0.39, 0.29) is 5.91 Å². The van der Waals surface area contributed by atoms with E-state index in [1.54, 1.807) is 4.90 Å². The van der Waals surface area contributed by atoms with Gasteiger partial charge in [-0.05, 0) is 25.7 Å². The number of hydrogen-bond donors (Lipinski definition) is 1. The summed E-state index contributed by atoms with van der Waals surface area (Å²) in [5, 5.41) is 9.59. The highest BCUT2D eigenvalue weighted by atomic mass is 16.4. The summed E-state index contributed by atoms with van der Waals surface area (Å²) in [7, 11) is 0. The van der Waals surface area contributed by atoms with Crippen LogP contribution < -0.4 is 0 Å². The minimum Gasteiger partial charge on any atom is -0.479 e. The number of carboxylic acid groups (broad SMARTS) is 1. The number of rotatable bonds is 2. The Balaban J connectivity index is 2.25. The predicted octanol–water partition coefficient (Wildman–Crippen LogP) is 2.18. The third kappa shape index (κ3) is 2.31. The van der Waals surface area contributed by atoms with Gasteiger partial charge >= 0.3 is 5.97 Å². The molecule has 0 aromatic rings. The summed E-state index contributed by atoms with van der Waals surface area (Å²) < 4.78 is 0. The molecule has 4 heteroatoms. The smallest absolute Gasteiger partial charge is 0.329 e. The van der Waals surface area contributed by atoms with Crippen molar-refractivity contribution in [3.8, 4) is 0 Å². The molecule has 2 rings (SSSR count). The second-order valence-corrected chi connectivity index (χ2v) is 5.25. The van der Waals surface area contributed by atoms with Crippen molar-refractivity contribution in [2.45, 2.75) is 63.3 Å². The van der Waals surface area contributed by atoms with E-state index in [1.807, 2.05) is 0 Å². The van der Waals surface area contributed by atoms with Crippen molar-refractivity contribution in [1.82, 2.24) is 4.90 Å². The van der Waals surface area contributed by atoms with Crippen molar-refractivity contribution in [2.24, 2.45) is 0 Å². The van der Waals surface area contributed by atoms with Gasteiger partial charge < -0.3 is 10.0 Å². The van der Waals surface area contributed by atoms with E-state index < -0.39 is 11.5 Å². The minimum atomic E-state index is -0.895. The molecule has 0 atom stereocenters. The molecule has 0 aromatic carbocycles. The normalized spacial score (nSPS) is 25.4. The molecule has 0 spiro atoms. The van der Waals surface area contributed by atoms with Gasteiger partial charge in [0.25, 0.3) is 0 Å². The second-order valence-electron chi connectivity index (χ2n) is 5.25. The minimum absolute atomic E-state index is 0.0422. The Morgan fingerprint density at radius 3 is 2.24 bits per heavy atom. The van der Waals surface area contributed by atoms with Crippen LogP contribution in [0.2, 0.25) is 0 Å². The number of likely N-dealkylation sites (tertiary alicyclic amines) is 1. The van der Waals surface area contributed by atoms with Crippen molar-refractivity contribution in [2.75, 3.05) is 6.54 Å². The SMILES string of the molecule is O=C1CCCCN1C1(C(=O)O)CCCCCC1. The Morgan fingerprint density at radius 1 is 1.06 bits per heavy atom. The monoisotopic (exact) mass is 239 g/mol. The molecular formula is C13H21NO3. The third-order valence-electron chi connectivity index (χ3n) is 4.17. The molecule has 0 radical (unpaired) electrons. The van der Waals surface area contributed by atoms with Gasteiger partial charge in [0.15, 0.2) is 0 Å². The number of nitrogens with zero attached hydrogens (tertiary/aromatic N) is 1. The Hall–Kier alpha value is -1.06. The molecule has 1 aliphatic heterocycles. The highest BCUT2D eigenvalue weighted by Gasteiger charge is 2.46. The van der Waals surface area contributed by atoms with Crippen LogP contribution in [0.3, 0.4) is 0 Å². The Bertz CT molecular complexity index is 306. The maximum atomic E-state index is 12.0. The van der Waals surface area contributed by atoms with E-state index in [2.05, 4.69) is 0 Å². The molecule has 0 bridgehead atoms. The average Bonchev–Trinajstić information content (AvgIpc) is 2.56. The maximum absolute atomic E-state index is 12.0. The average molecular weight is 239 g/mol. The van der Waals surface area contributed by atoms with Crippen LogP contribution in [0, 0.1) is 0 Å². The Labute approximate surface area is 102 Å². The lowest BCUT2D eigenvalue weighted by Gasteiger charge is -2.42. The lowest BCUT2D eigenvalue weighted by atomic mass is 9.86. The summed E-state index contributed by atoms with van der Waals surface area (Å²) in [5.74, 6) is -0.754. The van der Waals surface area contributed by atoms with E-state index in [0.717, 1.165) is 38.5 Å². The fourth-order valence-corrected chi connectivity index (χ4v) is 3.17. The molecule has 2 fully saturated rings. The molecule has 96 valence electrons. The molecule has 17 heavy (non-hydrogen) atoms. The van der Waals surface area contributed by atoms with Crippen molar-refractivity contribution >= 4 is 11.9 Å². The fourth-order valence-electron chi connectivity index (χ4n) is 3.17. The first-order valence-corrected chi connectivity index (χ1v) is 6.71. The number of amides is 1. The van der Waals surface area contributed by atoms with Crippen LogP contribution in [0.1, 0.15) is 57.8 Å². The van der Waals surface area contributed by atoms with Crippen LogP contribution in [-0.4, -0.2) is 34.0 Å². The lowest BCUT2D eigenvalue weighted by Crippen LogP contribution is -2.58. The quantitative estimate of drug-likeness (QED) is 0.751. The van der Waals surface area contributed by atoms with Gasteiger partial charge in [-0.2, -0.15) is 0 Å². The van der Waals surface area contributed by atoms with E-state index in [4.69, 9.17) is 0 Å². The summed E-state index contributed by atoms with van der Waals surface area (Å²) in [5.41, 5.74) is -0.895. The van der Waals surface area contributed by atoms with Gasteiger partial charge in [0.2, 0.25) is 5.91 Å². The van der Waals surface area contributed by atoms with Crippen molar-refractivity contribution < 1.29 is 14.7 Å². The van der Waals surface area contributed by atoms with Gasteiger partial charge in [-0.25, -0.2) is 4.79 Å². The first kappa shape index (κ1) is 12.4. The van der Waals surface area contributed by atoms with Crippen LogP contribution in [0.25, 0.3) is 0 Å². The molecule has 0 aromatic heterocycles. The van der Waals surface area contributed by atoms with E-state index in [0.29, 0.717) is 25.8 Å². The van der Waals surface area contributed by atoms with Crippen LogP contribution in [0.4, 0.5) is 0 Å². The van der Waals surface area contributed by atoms with Gasteiger partial charge in [0.05, 0.1) is 0 Å². The lowest BCUT2D eigenvalue weighted by molar-refractivity contribution is -0.162. The maximum Gasteiger partial charge on any atom is 0.329 e. The zero-order valence-electron chi connectivity index (χ0n) is 10.3. The molecule has 1 aliphatic carbocycles. The third-order valence-corrected chi connectivity index (χ3v) is 4.17. The van der Waals surface area contributed by atoms with Crippen LogP contribution >= 0.6 is 0 Å². The summed E-state index contributed by atoms with van der Waals surface area (Å²) in [6.45, 7) is 0.630. The molecule has 1 heterocycles. The number of carboxylic acids is 1. The topological polar surface area (TPSA) is 57.6 Å². The standard InChI is InChI=1S/C13H21NO3/c15-11-7-3-6-10-14(11)13(12(16)17)8-4-1-2-5-9-13/h1-10H2,(H,16,17). The molecule has 2 aliphatic rings. The summed E-state index contributed by atoms with van der Waals surface area (Å²) >= 11 is 0. The first-order valence-electron chi connectivity index (χ1n) is 6.71. The number of piperidine rings is 1. The summed E-state index contributed by atoms with van der Waals surface area (Å²) in [6, 6.07) is 0. The first-order chi connectivity index (χ1) is 8.17. The van der Waals surface area contributed by atoms with Crippen LogP contribution in [0.15, 0.2) is 0 Å². The number of aliphatic carboxylic acids is 1. The highest BCUT2D eigenvalue weighted by Crippen LogP contribution is 2.35. The molecule has 1 saturated carbocycles.